The second kappa shape index (κ2) is 15.7. The zero-order valence-corrected chi connectivity index (χ0v) is 26.0. The van der Waals surface area contributed by atoms with Gasteiger partial charge in [-0.1, -0.05) is 84.9 Å². The molecule has 0 spiro atoms. The molecule has 0 aliphatic rings. The van der Waals surface area contributed by atoms with E-state index >= 15 is 0 Å². The predicted molar refractivity (Wildman–Crippen MR) is 172 cm³/mol. The molecule has 9 nitrogen and oxygen atoms in total. The Morgan fingerprint density at radius 3 is 2.13 bits per heavy atom. The Hall–Kier alpha value is -5.25. The highest BCUT2D eigenvalue weighted by Crippen LogP contribution is 2.18. The fourth-order valence-electron chi connectivity index (χ4n) is 4.71. The van der Waals surface area contributed by atoms with Gasteiger partial charge in [-0.2, -0.15) is 0 Å². The van der Waals surface area contributed by atoms with Crippen LogP contribution in [0, 0.1) is 5.82 Å². The molecule has 3 N–H and O–H groups in total. The number of alkyl carbamates (subject to hydrolysis) is 1. The van der Waals surface area contributed by atoms with Crippen molar-refractivity contribution in [2.24, 2.45) is 0 Å². The molecule has 0 fully saturated rings. The smallest absolute Gasteiger partial charge is 0.408 e. The normalized spacial score (nSPS) is 12.4. The maximum Gasteiger partial charge on any atom is 0.408 e. The molecular formula is C36H38FN3O6. The van der Waals surface area contributed by atoms with E-state index in [1.54, 1.807) is 45.0 Å². The highest BCUT2D eigenvalue weighted by atomic mass is 19.1. The van der Waals surface area contributed by atoms with Crippen molar-refractivity contribution in [2.75, 3.05) is 0 Å². The molecule has 0 saturated heterocycles. The molecule has 10 heteroatoms. The number of carbonyl (C=O) groups is 4. The third-order valence-corrected chi connectivity index (χ3v) is 6.94. The van der Waals surface area contributed by atoms with Crippen LogP contribution >= 0.6 is 0 Å². The van der Waals surface area contributed by atoms with Crippen LogP contribution in [0.1, 0.15) is 43.9 Å². The Balaban J connectivity index is 1.51. The Morgan fingerprint density at radius 1 is 0.739 bits per heavy atom. The summed E-state index contributed by atoms with van der Waals surface area (Å²) in [6.45, 7) is 5.14. The molecule has 0 bridgehead atoms. The zero-order valence-electron chi connectivity index (χ0n) is 26.0. The lowest BCUT2D eigenvalue weighted by Crippen LogP contribution is -2.55. The van der Waals surface area contributed by atoms with Crippen LogP contribution in [0.15, 0.2) is 97.1 Å². The van der Waals surface area contributed by atoms with Crippen molar-refractivity contribution in [2.45, 2.75) is 64.4 Å². The molecule has 0 aliphatic carbocycles. The molecule has 2 atom stereocenters. The van der Waals surface area contributed by atoms with Crippen molar-refractivity contribution in [3.63, 3.8) is 0 Å². The van der Waals surface area contributed by atoms with Crippen molar-refractivity contribution >= 4 is 34.6 Å². The van der Waals surface area contributed by atoms with Gasteiger partial charge < -0.3 is 25.4 Å². The molecule has 46 heavy (non-hydrogen) atoms. The number of carbonyl (C=O) groups excluding carboxylic acids is 4. The van der Waals surface area contributed by atoms with Gasteiger partial charge >= 0.3 is 12.1 Å². The first-order chi connectivity index (χ1) is 22.0. The van der Waals surface area contributed by atoms with Gasteiger partial charge in [0.1, 0.15) is 30.1 Å². The molecule has 0 saturated carbocycles. The van der Waals surface area contributed by atoms with E-state index in [0.717, 1.165) is 21.9 Å². The number of benzene rings is 4. The SMILES string of the molecule is CC(C)(C)OC(=O)N[C@@H](CC(=O)OCc1ccccc1)C(=O)N[C@@H](Cc1ccc(F)cc1)C(=O)NCc1cccc2ccccc12. The Labute approximate surface area is 267 Å². The largest absolute Gasteiger partial charge is 0.461 e. The van der Waals surface area contributed by atoms with Crippen molar-refractivity contribution in [1.82, 2.24) is 16.0 Å². The fourth-order valence-corrected chi connectivity index (χ4v) is 4.71. The average Bonchev–Trinajstić information content (AvgIpc) is 3.02. The highest BCUT2D eigenvalue weighted by Gasteiger charge is 2.31. The summed E-state index contributed by atoms with van der Waals surface area (Å²) in [5.74, 6) is -2.49. The second-order valence-corrected chi connectivity index (χ2v) is 11.8. The summed E-state index contributed by atoms with van der Waals surface area (Å²) in [6, 6.07) is 25.6. The second-order valence-electron chi connectivity index (χ2n) is 11.8. The predicted octanol–water partition coefficient (Wildman–Crippen LogP) is 5.35. The fraction of sp³-hybridized carbons (Fsp3) is 0.278. The summed E-state index contributed by atoms with van der Waals surface area (Å²) in [5.41, 5.74) is 1.35. The van der Waals surface area contributed by atoms with Gasteiger partial charge in [0.25, 0.3) is 0 Å². The van der Waals surface area contributed by atoms with Crippen molar-refractivity contribution < 1.29 is 33.0 Å². The lowest BCUT2D eigenvalue weighted by molar-refractivity contribution is -0.147. The van der Waals surface area contributed by atoms with E-state index in [9.17, 15) is 23.6 Å². The molecule has 240 valence electrons. The van der Waals surface area contributed by atoms with Crippen LogP contribution in [0.2, 0.25) is 0 Å². The van der Waals surface area contributed by atoms with Crippen LogP contribution in [0.5, 0.6) is 0 Å². The van der Waals surface area contributed by atoms with E-state index in [4.69, 9.17) is 9.47 Å². The summed E-state index contributed by atoms with van der Waals surface area (Å²) >= 11 is 0. The van der Waals surface area contributed by atoms with Gasteiger partial charge in [0, 0.05) is 13.0 Å². The number of hydrogen-bond acceptors (Lipinski definition) is 6. The van der Waals surface area contributed by atoms with E-state index in [0.29, 0.717) is 5.56 Å². The van der Waals surface area contributed by atoms with Gasteiger partial charge in [0.15, 0.2) is 0 Å². The molecule has 3 amide bonds. The van der Waals surface area contributed by atoms with Crippen LogP contribution in [0.3, 0.4) is 0 Å². The minimum absolute atomic E-state index is 0.0189. The summed E-state index contributed by atoms with van der Waals surface area (Å²) in [5, 5.41) is 9.99. The molecule has 0 aromatic heterocycles. The minimum Gasteiger partial charge on any atom is -0.461 e. The van der Waals surface area contributed by atoms with Crippen molar-refractivity contribution in [3.8, 4) is 0 Å². The van der Waals surface area contributed by atoms with E-state index in [2.05, 4.69) is 16.0 Å². The Morgan fingerprint density at radius 2 is 1.41 bits per heavy atom. The van der Waals surface area contributed by atoms with Crippen LogP contribution in [0.4, 0.5) is 9.18 Å². The number of hydrogen-bond donors (Lipinski definition) is 3. The maximum atomic E-state index is 13.6. The van der Waals surface area contributed by atoms with Gasteiger partial charge in [-0.25, -0.2) is 9.18 Å². The van der Waals surface area contributed by atoms with E-state index in [1.807, 2.05) is 48.5 Å². The van der Waals surface area contributed by atoms with Gasteiger partial charge in [-0.15, -0.1) is 0 Å². The van der Waals surface area contributed by atoms with Crippen LogP contribution in [-0.4, -0.2) is 41.6 Å². The lowest BCUT2D eigenvalue weighted by atomic mass is 10.0. The van der Waals surface area contributed by atoms with Gasteiger partial charge in [0.05, 0.1) is 6.42 Å². The van der Waals surface area contributed by atoms with Crippen molar-refractivity contribution in [3.05, 3.63) is 120 Å². The number of rotatable bonds is 12. The number of fused-ring (bicyclic) bond motifs is 1. The first-order valence-corrected chi connectivity index (χ1v) is 14.9. The van der Waals surface area contributed by atoms with Gasteiger partial charge in [-0.05, 0) is 60.4 Å². The average molecular weight is 628 g/mol. The number of halogens is 1. The summed E-state index contributed by atoms with van der Waals surface area (Å²) in [7, 11) is 0. The quantitative estimate of drug-likeness (QED) is 0.182. The molecule has 0 radical (unpaired) electrons. The summed E-state index contributed by atoms with van der Waals surface area (Å²) in [6.07, 6.45) is -1.41. The molecular weight excluding hydrogens is 589 g/mol. The van der Waals surface area contributed by atoms with Crippen molar-refractivity contribution in [1.29, 1.82) is 0 Å². The topological polar surface area (TPSA) is 123 Å². The van der Waals surface area contributed by atoms with Gasteiger partial charge in [-0.3, -0.25) is 14.4 Å². The molecule has 0 unspecified atom stereocenters. The Kier molecular flexibility index (Phi) is 11.4. The molecule has 0 aliphatic heterocycles. The minimum atomic E-state index is -1.42. The number of nitrogens with one attached hydrogen (secondary N) is 3. The Bertz CT molecular complexity index is 1650. The summed E-state index contributed by atoms with van der Waals surface area (Å²) < 4.78 is 24.3. The number of amides is 3. The monoisotopic (exact) mass is 627 g/mol. The number of ether oxygens (including phenoxy) is 2. The zero-order chi connectivity index (χ0) is 33.1. The third kappa shape index (κ3) is 10.4. The lowest BCUT2D eigenvalue weighted by Gasteiger charge is -2.25. The molecule has 4 rings (SSSR count). The van der Waals surface area contributed by atoms with Crippen LogP contribution in [-0.2, 0) is 43.4 Å². The van der Waals surface area contributed by atoms with Gasteiger partial charge in [0.2, 0.25) is 11.8 Å². The summed E-state index contributed by atoms with van der Waals surface area (Å²) in [4.78, 5) is 52.7. The third-order valence-electron chi connectivity index (χ3n) is 6.94. The molecule has 4 aromatic carbocycles. The van der Waals surface area contributed by atoms with Crippen LogP contribution < -0.4 is 16.0 Å². The standard InChI is InChI=1S/C36H38FN3O6/c1-36(2,3)46-35(44)40-31(21-32(41)45-23-25-10-5-4-6-11-25)34(43)39-30(20-24-16-18-28(37)19-17-24)33(42)38-22-27-14-9-13-26-12-7-8-15-29(26)27/h4-19,30-31H,20-23H2,1-3H3,(H,38,42)(H,39,43)(H,40,44)/t30-,31-/m0/s1. The highest BCUT2D eigenvalue weighted by molar-refractivity contribution is 5.94. The first-order valence-electron chi connectivity index (χ1n) is 14.9. The number of esters is 1. The van der Waals surface area contributed by atoms with E-state index in [1.165, 1.54) is 24.3 Å². The van der Waals surface area contributed by atoms with E-state index in [-0.39, 0.29) is 19.6 Å². The molecule has 0 heterocycles. The van der Waals surface area contributed by atoms with E-state index < -0.39 is 53.8 Å². The first kappa shape index (κ1) is 33.6. The molecule has 4 aromatic rings. The van der Waals surface area contributed by atoms with Crippen LogP contribution in [0.25, 0.3) is 10.8 Å². The maximum absolute atomic E-state index is 13.6.